The van der Waals surface area contributed by atoms with Gasteiger partial charge in [0, 0.05) is 17.8 Å². The molecule has 0 radical (unpaired) electrons. The molecule has 1 aromatic rings. The van der Waals surface area contributed by atoms with Gasteiger partial charge in [-0.3, -0.25) is 0 Å². The third kappa shape index (κ3) is 2.05. The third-order valence-corrected chi connectivity index (χ3v) is 2.74. The molecule has 0 N–H and O–H groups in total. The van der Waals surface area contributed by atoms with Gasteiger partial charge in [-0.25, -0.2) is 14.5 Å². The molecule has 1 saturated heterocycles. The maximum atomic E-state index is 11.5. The van der Waals surface area contributed by atoms with Gasteiger partial charge in [-0.1, -0.05) is 17.7 Å². The minimum absolute atomic E-state index is 0.178. The summed E-state index contributed by atoms with van der Waals surface area (Å²) in [4.78, 5) is 16.1. The number of cyclic esters (lactones) is 1. The molecule has 1 amide bonds. The van der Waals surface area contributed by atoms with Gasteiger partial charge in [-0.15, -0.1) is 0 Å². The number of methoxy groups -OCH3 is 1. The van der Waals surface area contributed by atoms with E-state index in [0.29, 0.717) is 16.4 Å². The number of hydrogen-bond acceptors (Lipinski definition) is 3. The second-order valence-electron chi connectivity index (χ2n) is 3.38. The quantitative estimate of drug-likeness (QED) is 0.760. The van der Waals surface area contributed by atoms with E-state index in [-0.39, 0.29) is 6.61 Å². The highest BCUT2D eigenvalue weighted by Crippen LogP contribution is 2.32. The summed E-state index contributed by atoms with van der Waals surface area (Å²) in [7, 11) is 1.49. The summed E-state index contributed by atoms with van der Waals surface area (Å²) < 4.78 is 10.00. The van der Waals surface area contributed by atoms with Crippen molar-refractivity contribution in [2.75, 3.05) is 18.6 Å². The van der Waals surface area contributed by atoms with Gasteiger partial charge in [0.1, 0.15) is 6.61 Å². The summed E-state index contributed by atoms with van der Waals surface area (Å²) in [6, 6.07) is 4.74. The van der Waals surface area contributed by atoms with Crippen molar-refractivity contribution in [2.24, 2.45) is 0 Å². The number of nitrogens with zero attached hydrogens (tertiary/aromatic N) is 2. The predicted octanol–water partition coefficient (Wildman–Crippen LogP) is 2.82. The molecular weight excluding hydrogens is 244 g/mol. The molecule has 88 valence electrons. The SMILES string of the molecule is [C-]#[N+]c1ccc(N2C(=O)OCC2OC)cc1Cl. The maximum Gasteiger partial charge on any atom is 0.416 e. The molecule has 1 aliphatic heterocycles. The first-order valence-corrected chi connectivity index (χ1v) is 5.21. The van der Waals surface area contributed by atoms with Gasteiger partial charge in [-0.2, -0.15) is 0 Å². The van der Waals surface area contributed by atoms with Crippen LogP contribution >= 0.6 is 11.6 Å². The highest BCUT2D eigenvalue weighted by Gasteiger charge is 2.34. The standard InChI is InChI=1S/C11H9ClN2O3/c1-13-9-4-3-7(5-8(9)12)14-10(16-2)6-17-11(14)15/h3-5,10H,6H2,2H3. The Bertz CT molecular complexity index is 498. The number of amides is 1. The number of hydrogen-bond donors (Lipinski definition) is 0. The Kier molecular flexibility index (Phi) is 3.18. The monoisotopic (exact) mass is 252 g/mol. The van der Waals surface area contributed by atoms with Crippen LogP contribution in [0.5, 0.6) is 0 Å². The first kappa shape index (κ1) is 11.7. The topological polar surface area (TPSA) is 43.1 Å². The Morgan fingerprint density at radius 3 is 3.00 bits per heavy atom. The van der Waals surface area contributed by atoms with Crippen molar-refractivity contribution in [3.63, 3.8) is 0 Å². The first-order chi connectivity index (χ1) is 8.17. The average Bonchev–Trinajstić information content (AvgIpc) is 2.70. The van der Waals surface area contributed by atoms with Crippen LogP contribution in [0.4, 0.5) is 16.2 Å². The largest absolute Gasteiger partial charge is 0.444 e. The van der Waals surface area contributed by atoms with Crippen LogP contribution < -0.4 is 4.90 Å². The van der Waals surface area contributed by atoms with Crippen LogP contribution in [-0.2, 0) is 9.47 Å². The van der Waals surface area contributed by atoms with Crippen molar-refractivity contribution in [1.29, 1.82) is 0 Å². The number of carbonyl (C=O) groups is 1. The fourth-order valence-electron chi connectivity index (χ4n) is 1.59. The summed E-state index contributed by atoms with van der Waals surface area (Å²) in [5, 5.41) is 0.298. The molecule has 1 aliphatic rings. The first-order valence-electron chi connectivity index (χ1n) is 4.83. The van der Waals surface area contributed by atoms with Crippen molar-refractivity contribution in [1.82, 2.24) is 0 Å². The summed E-state index contributed by atoms with van der Waals surface area (Å²) in [6.07, 6.45) is -0.944. The third-order valence-electron chi connectivity index (χ3n) is 2.44. The molecule has 1 aromatic carbocycles. The Hall–Kier alpha value is -1.77. The number of rotatable bonds is 2. The number of ether oxygens (including phenoxy) is 2. The van der Waals surface area contributed by atoms with Crippen LogP contribution in [0.3, 0.4) is 0 Å². The normalized spacial score (nSPS) is 19.0. The highest BCUT2D eigenvalue weighted by molar-refractivity contribution is 6.33. The van der Waals surface area contributed by atoms with Crippen molar-refractivity contribution in [2.45, 2.75) is 6.23 Å². The molecule has 0 spiro atoms. The molecular formula is C11H9ClN2O3. The Morgan fingerprint density at radius 2 is 2.41 bits per heavy atom. The van der Waals surface area contributed by atoms with Gasteiger partial charge >= 0.3 is 6.09 Å². The molecule has 1 atom stereocenters. The van der Waals surface area contributed by atoms with E-state index in [9.17, 15) is 4.79 Å². The Labute approximate surface area is 103 Å². The molecule has 0 bridgehead atoms. The molecule has 6 heteroatoms. The zero-order valence-corrected chi connectivity index (χ0v) is 9.77. The van der Waals surface area contributed by atoms with E-state index in [2.05, 4.69) is 4.85 Å². The molecule has 1 unspecified atom stereocenters. The fraction of sp³-hybridized carbons (Fsp3) is 0.273. The van der Waals surface area contributed by atoms with E-state index in [4.69, 9.17) is 27.6 Å². The molecule has 1 fully saturated rings. The molecule has 2 rings (SSSR count). The highest BCUT2D eigenvalue weighted by atomic mass is 35.5. The zero-order chi connectivity index (χ0) is 12.4. The second kappa shape index (κ2) is 4.62. The van der Waals surface area contributed by atoms with Crippen LogP contribution in [0.1, 0.15) is 0 Å². The lowest BCUT2D eigenvalue weighted by Gasteiger charge is -2.20. The van der Waals surface area contributed by atoms with E-state index < -0.39 is 12.3 Å². The van der Waals surface area contributed by atoms with E-state index in [1.807, 2.05) is 0 Å². The fourth-order valence-corrected chi connectivity index (χ4v) is 1.80. The predicted molar refractivity (Wildman–Crippen MR) is 62.3 cm³/mol. The van der Waals surface area contributed by atoms with Crippen molar-refractivity contribution < 1.29 is 14.3 Å². The van der Waals surface area contributed by atoms with E-state index in [1.54, 1.807) is 18.2 Å². The summed E-state index contributed by atoms with van der Waals surface area (Å²) in [5.74, 6) is 0. The number of halogens is 1. The second-order valence-corrected chi connectivity index (χ2v) is 3.79. The summed E-state index contributed by atoms with van der Waals surface area (Å²) in [5.41, 5.74) is 0.897. The molecule has 5 nitrogen and oxygen atoms in total. The van der Waals surface area contributed by atoms with Crippen molar-refractivity contribution in [3.8, 4) is 0 Å². The molecule has 0 saturated carbocycles. The lowest BCUT2D eigenvalue weighted by molar-refractivity contribution is 0.0875. The average molecular weight is 253 g/mol. The van der Waals surface area contributed by atoms with Gasteiger partial charge in [0.15, 0.2) is 6.23 Å². The van der Waals surface area contributed by atoms with Gasteiger partial charge in [-0.05, 0) is 12.1 Å². The van der Waals surface area contributed by atoms with Crippen LogP contribution in [0, 0.1) is 6.57 Å². The van der Waals surface area contributed by atoms with E-state index in [1.165, 1.54) is 12.0 Å². The lowest BCUT2D eigenvalue weighted by Crippen LogP contribution is -2.34. The van der Waals surface area contributed by atoms with Gasteiger partial charge < -0.3 is 9.47 Å². The Balaban J connectivity index is 2.37. The minimum Gasteiger partial charge on any atom is -0.444 e. The van der Waals surface area contributed by atoms with E-state index >= 15 is 0 Å². The number of anilines is 1. The van der Waals surface area contributed by atoms with E-state index in [0.717, 1.165) is 0 Å². The van der Waals surface area contributed by atoms with Crippen LogP contribution in [0.2, 0.25) is 5.02 Å². The number of benzene rings is 1. The van der Waals surface area contributed by atoms with Gasteiger partial charge in [0.2, 0.25) is 5.69 Å². The molecule has 0 aromatic heterocycles. The Morgan fingerprint density at radius 1 is 1.65 bits per heavy atom. The molecule has 17 heavy (non-hydrogen) atoms. The van der Waals surface area contributed by atoms with Gasteiger partial charge in [0.25, 0.3) is 0 Å². The van der Waals surface area contributed by atoms with Crippen molar-refractivity contribution >= 4 is 29.1 Å². The smallest absolute Gasteiger partial charge is 0.416 e. The van der Waals surface area contributed by atoms with Crippen LogP contribution in [0.15, 0.2) is 18.2 Å². The maximum absolute atomic E-state index is 11.5. The number of carbonyl (C=O) groups excluding carboxylic acids is 1. The molecule has 1 heterocycles. The summed E-state index contributed by atoms with van der Waals surface area (Å²) in [6.45, 7) is 7.07. The van der Waals surface area contributed by atoms with Crippen molar-refractivity contribution in [3.05, 3.63) is 34.6 Å². The van der Waals surface area contributed by atoms with Crippen LogP contribution in [-0.4, -0.2) is 26.0 Å². The lowest BCUT2D eigenvalue weighted by atomic mass is 10.2. The summed E-state index contributed by atoms with van der Waals surface area (Å²) >= 11 is 5.91. The minimum atomic E-state index is -0.483. The molecule has 0 aliphatic carbocycles. The zero-order valence-electron chi connectivity index (χ0n) is 9.01. The van der Waals surface area contributed by atoms with Gasteiger partial charge in [0.05, 0.1) is 6.57 Å². The van der Waals surface area contributed by atoms with Crippen LogP contribution in [0.25, 0.3) is 4.85 Å².